The summed E-state index contributed by atoms with van der Waals surface area (Å²) in [5.41, 5.74) is 2.54. The third-order valence-corrected chi connectivity index (χ3v) is 8.34. The molecule has 208 valence electrons. The molecule has 9 heteroatoms. The van der Waals surface area contributed by atoms with Crippen LogP contribution in [0.4, 0.5) is 0 Å². The van der Waals surface area contributed by atoms with Crippen molar-refractivity contribution in [1.29, 1.82) is 0 Å². The predicted octanol–water partition coefficient (Wildman–Crippen LogP) is 4.68. The van der Waals surface area contributed by atoms with Crippen LogP contribution in [0.15, 0.2) is 83.8 Å². The van der Waals surface area contributed by atoms with Crippen LogP contribution in [0.3, 0.4) is 0 Å². The first-order valence-corrected chi connectivity index (χ1v) is 14.7. The van der Waals surface area contributed by atoms with E-state index in [-0.39, 0.29) is 29.7 Å². The molecule has 3 aromatic carbocycles. The molecule has 1 atom stereocenters. The monoisotopic (exact) mass is 569 g/mol. The molecular weight excluding hydrogens is 534 g/mol. The third kappa shape index (κ3) is 8.65. The van der Waals surface area contributed by atoms with E-state index in [1.807, 2.05) is 57.2 Å². The van der Waals surface area contributed by atoms with Gasteiger partial charge in [0.2, 0.25) is 21.8 Å². The first kappa shape index (κ1) is 30.3. The summed E-state index contributed by atoms with van der Waals surface area (Å²) in [6, 6.07) is 22.1. The fraction of sp³-hybridized carbons (Fsp3) is 0.333. The maximum Gasteiger partial charge on any atom is 0.243 e. The summed E-state index contributed by atoms with van der Waals surface area (Å²) in [5, 5.41) is 3.46. The third-order valence-electron chi connectivity index (χ3n) is 6.28. The van der Waals surface area contributed by atoms with Crippen molar-refractivity contribution in [3.8, 4) is 0 Å². The van der Waals surface area contributed by atoms with Crippen molar-refractivity contribution >= 4 is 33.4 Å². The summed E-state index contributed by atoms with van der Waals surface area (Å²) in [6.07, 6.45) is 0.269. The average molecular weight is 570 g/mol. The van der Waals surface area contributed by atoms with E-state index in [4.69, 9.17) is 11.6 Å². The predicted molar refractivity (Wildman–Crippen MR) is 155 cm³/mol. The van der Waals surface area contributed by atoms with Gasteiger partial charge < -0.3 is 10.2 Å². The molecule has 3 aromatic rings. The minimum absolute atomic E-state index is 0.0877. The molecule has 0 saturated carbocycles. The lowest BCUT2D eigenvalue weighted by atomic mass is 10.0. The van der Waals surface area contributed by atoms with E-state index in [1.54, 1.807) is 30.3 Å². The molecule has 2 amide bonds. The first-order valence-electron chi connectivity index (χ1n) is 12.9. The molecule has 0 saturated heterocycles. The van der Waals surface area contributed by atoms with Crippen molar-refractivity contribution in [3.05, 3.63) is 101 Å². The van der Waals surface area contributed by atoms with Gasteiger partial charge in [0.15, 0.2) is 0 Å². The van der Waals surface area contributed by atoms with Crippen molar-refractivity contribution in [2.24, 2.45) is 5.92 Å². The lowest BCUT2D eigenvalue weighted by Crippen LogP contribution is -2.53. The summed E-state index contributed by atoms with van der Waals surface area (Å²) < 4.78 is 27.5. The van der Waals surface area contributed by atoms with Gasteiger partial charge in [-0.25, -0.2) is 8.42 Å². The molecule has 0 heterocycles. The van der Waals surface area contributed by atoms with Crippen molar-refractivity contribution in [3.63, 3.8) is 0 Å². The molecule has 0 spiro atoms. The Balaban J connectivity index is 1.96. The second-order valence-electron chi connectivity index (χ2n) is 10.1. The molecule has 7 nitrogen and oxygen atoms in total. The topological polar surface area (TPSA) is 86.8 Å². The highest BCUT2D eigenvalue weighted by Gasteiger charge is 2.33. The number of carbonyl (C=O) groups is 2. The van der Waals surface area contributed by atoms with Gasteiger partial charge in [-0.1, -0.05) is 85.6 Å². The quantitative estimate of drug-likeness (QED) is 0.343. The number of nitrogens with one attached hydrogen (secondary N) is 1. The van der Waals surface area contributed by atoms with E-state index < -0.39 is 28.5 Å². The molecule has 3 rings (SSSR count). The number of likely N-dealkylation sites (N-methyl/N-ethyl adjacent to an activating group) is 1. The zero-order valence-corrected chi connectivity index (χ0v) is 24.4. The summed E-state index contributed by atoms with van der Waals surface area (Å²) in [7, 11) is -2.56. The summed E-state index contributed by atoms with van der Waals surface area (Å²) in [5.74, 6) is -0.574. The van der Waals surface area contributed by atoms with Gasteiger partial charge in [-0.2, -0.15) is 4.31 Å². The number of hydrogen-bond donors (Lipinski definition) is 1. The van der Waals surface area contributed by atoms with Gasteiger partial charge in [0, 0.05) is 31.6 Å². The molecule has 0 radical (unpaired) electrons. The molecule has 0 aromatic heterocycles. The Labute approximate surface area is 236 Å². The van der Waals surface area contributed by atoms with Gasteiger partial charge in [0.05, 0.1) is 11.4 Å². The second-order valence-corrected chi connectivity index (χ2v) is 12.6. The Morgan fingerprint density at radius 1 is 0.923 bits per heavy atom. The van der Waals surface area contributed by atoms with Crippen molar-refractivity contribution < 1.29 is 18.0 Å². The van der Waals surface area contributed by atoms with Crippen molar-refractivity contribution in [2.45, 2.75) is 44.7 Å². The van der Waals surface area contributed by atoms with Crippen LogP contribution in [0, 0.1) is 12.8 Å². The average Bonchev–Trinajstić information content (AvgIpc) is 2.90. The standard InChI is InChI=1S/C30H36ClN3O4S/c1-22(2)19-32-30(36)28(18-24-9-6-5-7-10-24)34(20-25-11-8-12-26(31)17-25)29(35)21-33(4)39(37,38)27-15-13-23(3)14-16-27/h5-17,22,28H,18-21H2,1-4H3,(H,32,36). The molecule has 0 aliphatic heterocycles. The fourth-order valence-electron chi connectivity index (χ4n) is 4.06. The maximum atomic E-state index is 13.9. The highest BCUT2D eigenvalue weighted by atomic mass is 35.5. The first-order chi connectivity index (χ1) is 18.5. The number of sulfonamides is 1. The van der Waals surface area contributed by atoms with Crippen molar-refractivity contribution in [2.75, 3.05) is 20.1 Å². The SMILES string of the molecule is Cc1ccc(S(=O)(=O)N(C)CC(=O)N(Cc2cccc(Cl)c2)C(Cc2ccccc2)C(=O)NCC(C)C)cc1. The minimum atomic E-state index is -3.93. The van der Waals surface area contributed by atoms with Gasteiger partial charge in [-0.05, 0) is 48.2 Å². The number of carbonyl (C=O) groups excluding carboxylic acids is 2. The number of nitrogens with zero attached hydrogens (tertiary/aromatic N) is 2. The van der Waals surface area contributed by atoms with Crippen molar-refractivity contribution in [1.82, 2.24) is 14.5 Å². The number of rotatable bonds is 12. The van der Waals surface area contributed by atoms with Crippen LogP contribution >= 0.6 is 11.6 Å². The summed E-state index contributed by atoms with van der Waals surface area (Å²) in [4.78, 5) is 28.9. The highest BCUT2D eigenvalue weighted by Crippen LogP contribution is 2.20. The number of benzene rings is 3. The number of aryl methyl sites for hydroxylation is 1. The largest absolute Gasteiger partial charge is 0.354 e. The molecule has 0 aliphatic carbocycles. The fourth-order valence-corrected chi connectivity index (χ4v) is 5.40. The van der Waals surface area contributed by atoms with Crippen LogP contribution < -0.4 is 5.32 Å². The Hall–Kier alpha value is -3.20. The molecule has 0 aliphatic rings. The van der Waals surface area contributed by atoms with Gasteiger partial charge in [-0.15, -0.1) is 0 Å². The maximum absolute atomic E-state index is 13.9. The zero-order valence-electron chi connectivity index (χ0n) is 22.8. The molecule has 0 fully saturated rings. The molecule has 1 unspecified atom stereocenters. The minimum Gasteiger partial charge on any atom is -0.354 e. The van der Waals surface area contributed by atoms with Crippen LogP contribution in [0.1, 0.15) is 30.5 Å². The molecule has 39 heavy (non-hydrogen) atoms. The number of hydrogen-bond acceptors (Lipinski definition) is 4. The van der Waals surface area contributed by atoms with E-state index in [9.17, 15) is 18.0 Å². The Morgan fingerprint density at radius 2 is 1.56 bits per heavy atom. The lowest BCUT2D eigenvalue weighted by Gasteiger charge is -2.33. The zero-order chi connectivity index (χ0) is 28.6. The van der Waals surface area contributed by atoms with Crippen LogP contribution in [-0.4, -0.2) is 55.6 Å². The van der Waals surface area contributed by atoms with Crippen LogP contribution in [-0.2, 0) is 32.6 Å². The smallest absolute Gasteiger partial charge is 0.243 e. The molecular formula is C30H36ClN3O4S. The van der Waals surface area contributed by atoms with Crippen LogP contribution in [0.5, 0.6) is 0 Å². The van der Waals surface area contributed by atoms with Gasteiger partial charge in [0.25, 0.3) is 0 Å². The molecule has 0 bridgehead atoms. The Kier molecular flexibility index (Phi) is 10.7. The summed E-state index contributed by atoms with van der Waals surface area (Å²) >= 11 is 6.22. The summed E-state index contributed by atoms with van der Waals surface area (Å²) in [6.45, 7) is 5.96. The van der Waals surface area contributed by atoms with Crippen LogP contribution in [0.2, 0.25) is 5.02 Å². The van der Waals surface area contributed by atoms with Gasteiger partial charge in [-0.3, -0.25) is 9.59 Å². The van der Waals surface area contributed by atoms with E-state index in [0.29, 0.717) is 11.6 Å². The van der Waals surface area contributed by atoms with E-state index in [1.165, 1.54) is 24.1 Å². The van der Waals surface area contributed by atoms with Gasteiger partial charge in [0.1, 0.15) is 6.04 Å². The number of amides is 2. The van der Waals surface area contributed by atoms with E-state index in [2.05, 4.69) is 5.32 Å². The number of halogens is 1. The highest BCUT2D eigenvalue weighted by molar-refractivity contribution is 7.89. The second kappa shape index (κ2) is 13.7. The Morgan fingerprint density at radius 3 is 2.18 bits per heavy atom. The van der Waals surface area contributed by atoms with E-state index in [0.717, 1.165) is 21.0 Å². The lowest BCUT2D eigenvalue weighted by molar-refractivity contribution is -0.141. The normalized spacial score (nSPS) is 12.4. The van der Waals surface area contributed by atoms with E-state index >= 15 is 0 Å². The van der Waals surface area contributed by atoms with Gasteiger partial charge >= 0.3 is 0 Å². The molecule has 1 N–H and O–H groups in total. The Bertz CT molecular complexity index is 1360. The van der Waals surface area contributed by atoms with Crippen LogP contribution in [0.25, 0.3) is 0 Å².